The van der Waals surface area contributed by atoms with Gasteiger partial charge in [-0.1, -0.05) is 17.7 Å². The quantitative estimate of drug-likeness (QED) is 0.319. The van der Waals surface area contributed by atoms with Crippen LogP contribution in [0.5, 0.6) is 0 Å². The van der Waals surface area contributed by atoms with E-state index in [0.29, 0.717) is 12.0 Å². The second-order valence-corrected chi connectivity index (χ2v) is 4.90. The molecule has 0 fully saturated rings. The minimum Gasteiger partial charge on any atom is -0.429 e. The molecule has 1 rings (SSSR count). The molecule has 0 aromatic heterocycles. The Morgan fingerprint density at radius 3 is 2.65 bits per heavy atom. The number of ether oxygens (including phenoxy) is 1. The third kappa shape index (κ3) is 5.11. The number of hydrogen-bond acceptors (Lipinski definition) is 5. The summed E-state index contributed by atoms with van der Waals surface area (Å²) in [6.45, 7) is 3.97. The van der Waals surface area contributed by atoms with E-state index in [2.05, 4.69) is 4.74 Å². The van der Waals surface area contributed by atoms with E-state index in [4.69, 9.17) is 0 Å². The van der Waals surface area contributed by atoms with Crippen LogP contribution in [0.3, 0.4) is 0 Å². The second-order valence-electron chi connectivity index (χ2n) is 4.90. The van der Waals surface area contributed by atoms with Gasteiger partial charge in [-0.25, -0.2) is 4.79 Å². The summed E-state index contributed by atoms with van der Waals surface area (Å²) < 4.78 is 4.49. The molecule has 0 aromatic rings. The molecule has 0 amide bonds. The van der Waals surface area contributed by atoms with Crippen molar-refractivity contribution in [1.29, 1.82) is 0 Å². The number of carbonyl (C=O) groups is 2. The van der Waals surface area contributed by atoms with Crippen LogP contribution in [-0.4, -0.2) is 34.9 Å². The van der Waals surface area contributed by atoms with E-state index >= 15 is 0 Å². The summed E-state index contributed by atoms with van der Waals surface area (Å²) in [5.41, 5.74) is 1.90. The Hall–Kier alpha value is -1.72. The van der Waals surface area contributed by atoms with Crippen molar-refractivity contribution in [3.8, 4) is 0 Å². The third-order valence-corrected chi connectivity index (χ3v) is 2.92. The first kappa shape index (κ1) is 16.3. The number of esters is 1. The Bertz CT molecular complexity index is 455. The monoisotopic (exact) mass is 280 g/mol. The van der Waals surface area contributed by atoms with Crippen molar-refractivity contribution in [3.05, 3.63) is 34.9 Å². The number of cyclic esters (lactones) is 1. The highest BCUT2D eigenvalue weighted by Crippen LogP contribution is 2.20. The lowest BCUT2D eigenvalue weighted by Gasteiger charge is -2.12. The molecule has 0 aromatic carbocycles. The lowest BCUT2D eigenvalue weighted by Crippen LogP contribution is -2.20. The van der Waals surface area contributed by atoms with Crippen molar-refractivity contribution >= 4 is 12.3 Å². The summed E-state index contributed by atoms with van der Waals surface area (Å²) >= 11 is 0. The Kier molecular flexibility index (Phi) is 6.35. The van der Waals surface area contributed by atoms with E-state index in [-0.39, 0.29) is 12.0 Å². The number of hydrogen-bond donors (Lipinski definition) is 2. The zero-order valence-corrected chi connectivity index (χ0v) is 11.7. The lowest BCUT2D eigenvalue weighted by atomic mass is 10.0. The molecular formula is C15H20O5. The van der Waals surface area contributed by atoms with Crippen molar-refractivity contribution in [2.75, 3.05) is 0 Å². The van der Waals surface area contributed by atoms with Gasteiger partial charge in [-0.3, -0.25) is 4.79 Å². The number of rotatable bonds is 7. The Labute approximate surface area is 118 Å². The van der Waals surface area contributed by atoms with Crippen LogP contribution in [0, 0.1) is 0 Å². The van der Waals surface area contributed by atoms with Crippen molar-refractivity contribution in [1.82, 2.24) is 0 Å². The molecule has 20 heavy (non-hydrogen) atoms. The molecule has 5 heteroatoms. The van der Waals surface area contributed by atoms with Crippen LogP contribution in [0.1, 0.15) is 33.1 Å². The number of aldehydes is 1. The van der Waals surface area contributed by atoms with Gasteiger partial charge >= 0.3 is 5.97 Å². The smallest absolute Gasteiger partial charge is 0.333 e. The molecule has 0 saturated carbocycles. The molecule has 2 atom stereocenters. The molecule has 0 bridgehead atoms. The predicted molar refractivity (Wildman–Crippen MR) is 73.6 cm³/mol. The molecule has 110 valence electrons. The van der Waals surface area contributed by atoms with E-state index in [1.54, 1.807) is 6.08 Å². The Balaban J connectivity index is 2.55. The minimum absolute atomic E-state index is 0.126. The molecule has 0 aliphatic carbocycles. The zero-order chi connectivity index (χ0) is 15.1. The highest BCUT2D eigenvalue weighted by Gasteiger charge is 2.28. The molecule has 5 nitrogen and oxygen atoms in total. The highest BCUT2D eigenvalue weighted by atomic mass is 16.6. The van der Waals surface area contributed by atoms with Crippen molar-refractivity contribution in [3.63, 3.8) is 0 Å². The Morgan fingerprint density at radius 1 is 1.45 bits per heavy atom. The summed E-state index contributed by atoms with van der Waals surface area (Å²) in [4.78, 5) is 21.8. The number of carbonyl (C=O) groups excluding carboxylic acids is 2. The molecule has 1 heterocycles. The first-order valence-electron chi connectivity index (χ1n) is 6.50. The van der Waals surface area contributed by atoms with Gasteiger partial charge in [-0.05, 0) is 38.7 Å². The van der Waals surface area contributed by atoms with E-state index in [1.807, 2.05) is 19.9 Å². The van der Waals surface area contributed by atoms with Crippen LogP contribution in [0.2, 0.25) is 0 Å². The first-order chi connectivity index (χ1) is 9.43. The van der Waals surface area contributed by atoms with E-state index in [0.717, 1.165) is 18.8 Å². The molecule has 0 saturated heterocycles. The molecule has 2 N–H and O–H groups in total. The molecule has 1 aliphatic rings. The summed E-state index contributed by atoms with van der Waals surface area (Å²) in [7, 11) is 0. The van der Waals surface area contributed by atoms with Crippen LogP contribution in [0.15, 0.2) is 34.9 Å². The summed E-state index contributed by atoms with van der Waals surface area (Å²) in [5, 5.41) is 19.2. The van der Waals surface area contributed by atoms with Crippen molar-refractivity contribution in [2.24, 2.45) is 0 Å². The van der Waals surface area contributed by atoms with E-state index in [1.165, 1.54) is 5.57 Å². The highest BCUT2D eigenvalue weighted by molar-refractivity contribution is 5.85. The van der Waals surface area contributed by atoms with E-state index in [9.17, 15) is 19.8 Å². The fourth-order valence-electron chi connectivity index (χ4n) is 1.82. The number of aliphatic hydroxyl groups excluding tert-OH is 2. The maximum Gasteiger partial charge on any atom is 0.333 e. The summed E-state index contributed by atoms with van der Waals surface area (Å²) in [6.07, 6.45) is 4.57. The maximum atomic E-state index is 10.9. The normalized spacial score (nSPS) is 20.2. The largest absolute Gasteiger partial charge is 0.429 e. The van der Waals surface area contributed by atoms with Gasteiger partial charge in [0.25, 0.3) is 0 Å². The Morgan fingerprint density at radius 2 is 2.15 bits per heavy atom. The molecule has 0 radical (unpaired) electrons. The maximum absolute atomic E-state index is 10.9. The van der Waals surface area contributed by atoms with Gasteiger partial charge in [0, 0.05) is 11.6 Å². The van der Waals surface area contributed by atoms with Gasteiger partial charge in [-0.2, -0.15) is 0 Å². The second kappa shape index (κ2) is 7.77. The molecular weight excluding hydrogens is 260 g/mol. The van der Waals surface area contributed by atoms with Crippen LogP contribution >= 0.6 is 0 Å². The van der Waals surface area contributed by atoms with Crippen LogP contribution in [0.4, 0.5) is 0 Å². The molecule has 0 spiro atoms. The van der Waals surface area contributed by atoms with Crippen LogP contribution in [-0.2, 0) is 14.3 Å². The summed E-state index contributed by atoms with van der Waals surface area (Å²) in [5.74, 6) is -0.672. The van der Waals surface area contributed by atoms with Gasteiger partial charge < -0.3 is 14.9 Å². The van der Waals surface area contributed by atoms with E-state index < -0.39 is 18.4 Å². The standard InChI is InChI=1S/C15H20O5/c1-10(2)4-3-5-11(9-16)6-7-13(17)12-8-14(18)20-15(12)19/h4,6,8-9,13,15,17,19H,3,5,7H2,1-2H3/b11-6-. The van der Waals surface area contributed by atoms with Gasteiger partial charge in [0.05, 0.1) is 6.10 Å². The fraction of sp³-hybridized carbons (Fsp3) is 0.467. The van der Waals surface area contributed by atoms with Gasteiger partial charge in [-0.15, -0.1) is 0 Å². The summed E-state index contributed by atoms with van der Waals surface area (Å²) in [6, 6.07) is 0. The first-order valence-corrected chi connectivity index (χ1v) is 6.50. The van der Waals surface area contributed by atoms with Crippen molar-refractivity contribution in [2.45, 2.75) is 45.5 Å². The molecule has 2 unspecified atom stereocenters. The van der Waals surface area contributed by atoms with Gasteiger partial charge in [0.1, 0.15) is 6.29 Å². The van der Waals surface area contributed by atoms with Crippen molar-refractivity contribution < 1.29 is 24.5 Å². The molecule has 1 aliphatic heterocycles. The van der Waals surface area contributed by atoms with Crippen LogP contribution in [0.25, 0.3) is 0 Å². The fourth-order valence-corrected chi connectivity index (χ4v) is 1.82. The minimum atomic E-state index is -1.39. The predicted octanol–water partition coefficient (Wildman–Crippen LogP) is 1.41. The van der Waals surface area contributed by atoms with Crippen LogP contribution < -0.4 is 0 Å². The zero-order valence-electron chi connectivity index (χ0n) is 11.7. The lowest BCUT2D eigenvalue weighted by molar-refractivity contribution is -0.151. The third-order valence-electron chi connectivity index (χ3n) is 2.92. The number of allylic oxidation sites excluding steroid dienone is 3. The average Bonchev–Trinajstić information content (AvgIpc) is 2.72. The average molecular weight is 280 g/mol. The SMILES string of the molecule is CC(C)=CCC/C(C=O)=C/CC(O)C1=CC(=O)OC1O. The topological polar surface area (TPSA) is 83.8 Å². The number of aliphatic hydroxyl groups is 2. The van der Waals surface area contributed by atoms with Gasteiger partial charge in [0.2, 0.25) is 6.29 Å². The van der Waals surface area contributed by atoms with Gasteiger partial charge in [0.15, 0.2) is 0 Å².